The Hall–Kier alpha value is -3.00. The SMILES string of the molecule is Cc1cc(-c2[nH]c3cc(C(=O)N(C)C4CCC(=O)CC4)sc3c2C(C)C)cn2ncnc12. The van der Waals surface area contributed by atoms with Gasteiger partial charge in [-0.15, -0.1) is 11.3 Å². The lowest BCUT2D eigenvalue weighted by atomic mass is 9.93. The molecule has 4 aromatic heterocycles. The smallest absolute Gasteiger partial charge is 0.264 e. The number of fused-ring (bicyclic) bond motifs is 2. The summed E-state index contributed by atoms with van der Waals surface area (Å²) in [4.78, 5) is 35.2. The molecule has 5 rings (SSSR count). The van der Waals surface area contributed by atoms with Crippen LogP contribution in [0.3, 0.4) is 0 Å². The number of amides is 1. The highest BCUT2D eigenvalue weighted by Gasteiger charge is 2.28. The number of thiophene rings is 1. The second-order valence-electron chi connectivity index (χ2n) is 9.05. The summed E-state index contributed by atoms with van der Waals surface area (Å²) in [6, 6.07) is 4.25. The van der Waals surface area contributed by atoms with E-state index in [1.807, 2.05) is 35.6 Å². The van der Waals surface area contributed by atoms with Crippen molar-refractivity contribution >= 4 is 38.9 Å². The molecule has 1 amide bonds. The molecule has 0 bridgehead atoms. The van der Waals surface area contributed by atoms with Gasteiger partial charge in [0.2, 0.25) is 0 Å². The number of Topliss-reactive ketones (excluding diaryl/α,β-unsaturated/α-hetero) is 1. The minimum absolute atomic E-state index is 0.0371. The fraction of sp³-hybridized carbons (Fsp3) is 0.417. The number of aryl methyl sites for hydroxylation is 1. The van der Waals surface area contributed by atoms with E-state index in [1.165, 1.54) is 5.56 Å². The third-order valence-electron chi connectivity index (χ3n) is 6.52. The largest absolute Gasteiger partial charge is 0.354 e. The van der Waals surface area contributed by atoms with Crippen LogP contribution < -0.4 is 0 Å². The van der Waals surface area contributed by atoms with Gasteiger partial charge < -0.3 is 9.88 Å². The van der Waals surface area contributed by atoms with Crippen LogP contribution in [0.25, 0.3) is 27.1 Å². The van der Waals surface area contributed by atoms with Crippen molar-refractivity contribution in [2.24, 2.45) is 0 Å². The summed E-state index contributed by atoms with van der Waals surface area (Å²) in [6.45, 7) is 6.40. The standard InChI is InChI=1S/C24H27N5O2S/c1-13(2)20-21(15-9-14(3)23-25-12-26-29(23)11-15)27-18-10-19(32-22(18)20)24(31)28(4)16-5-7-17(30)8-6-16/h9-13,16,27H,5-8H2,1-4H3. The minimum atomic E-state index is 0.0371. The predicted molar refractivity (Wildman–Crippen MR) is 126 cm³/mol. The van der Waals surface area contributed by atoms with Crippen molar-refractivity contribution in [3.05, 3.63) is 40.7 Å². The summed E-state index contributed by atoms with van der Waals surface area (Å²) in [7, 11) is 1.86. The summed E-state index contributed by atoms with van der Waals surface area (Å²) >= 11 is 1.55. The molecule has 1 aliphatic carbocycles. The fourth-order valence-electron chi connectivity index (χ4n) is 4.77. The number of rotatable bonds is 4. The number of aromatic amines is 1. The Balaban J connectivity index is 1.52. The van der Waals surface area contributed by atoms with Crippen molar-refractivity contribution in [2.45, 2.75) is 58.4 Å². The maximum absolute atomic E-state index is 13.2. The first kappa shape index (κ1) is 20.9. The van der Waals surface area contributed by atoms with Crippen LogP contribution in [0, 0.1) is 6.92 Å². The molecule has 166 valence electrons. The van der Waals surface area contributed by atoms with Gasteiger partial charge in [-0.25, -0.2) is 9.50 Å². The average Bonchev–Trinajstić information content (AvgIpc) is 3.47. The molecule has 1 aliphatic rings. The molecular formula is C24H27N5O2S. The molecule has 4 aromatic rings. The van der Waals surface area contributed by atoms with Crippen molar-refractivity contribution in [3.8, 4) is 11.3 Å². The van der Waals surface area contributed by atoms with E-state index in [1.54, 1.807) is 17.7 Å². The van der Waals surface area contributed by atoms with E-state index in [2.05, 4.69) is 35.0 Å². The lowest BCUT2D eigenvalue weighted by molar-refractivity contribution is -0.121. The van der Waals surface area contributed by atoms with Crippen molar-refractivity contribution < 1.29 is 9.59 Å². The normalized spacial score (nSPS) is 15.3. The maximum atomic E-state index is 13.2. The Labute approximate surface area is 190 Å². The topological polar surface area (TPSA) is 83.4 Å². The summed E-state index contributed by atoms with van der Waals surface area (Å²) < 4.78 is 2.93. The second kappa shape index (κ2) is 7.85. The Kier molecular flexibility index (Phi) is 5.12. The Morgan fingerprint density at radius 3 is 2.75 bits per heavy atom. The van der Waals surface area contributed by atoms with E-state index in [9.17, 15) is 9.59 Å². The molecule has 0 aliphatic heterocycles. The number of aromatic nitrogens is 4. The first-order valence-corrected chi connectivity index (χ1v) is 11.9. The third-order valence-corrected chi connectivity index (χ3v) is 7.68. The lowest BCUT2D eigenvalue weighted by Crippen LogP contribution is -2.39. The molecular weight excluding hydrogens is 422 g/mol. The molecule has 0 radical (unpaired) electrons. The van der Waals surface area contributed by atoms with E-state index in [-0.39, 0.29) is 17.9 Å². The van der Waals surface area contributed by atoms with Gasteiger partial charge in [-0.3, -0.25) is 9.59 Å². The van der Waals surface area contributed by atoms with E-state index in [0.29, 0.717) is 18.6 Å². The highest BCUT2D eigenvalue weighted by molar-refractivity contribution is 7.21. The minimum Gasteiger partial charge on any atom is -0.354 e. The van der Waals surface area contributed by atoms with Gasteiger partial charge >= 0.3 is 0 Å². The summed E-state index contributed by atoms with van der Waals surface area (Å²) in [5.41, 5.74) is 6.25. The van der Waals surface area contributed by atoms with Gasteiger partial charge in [0.25, 0.3) is 5.91 Å². The zero-order valence-corrected chi connectivity index (χ0v) is 19.6. The van der Waals surface area contributed by atoms with Crippen molar-refractivity contribution in [1.29, 1.82) is 0 Å². The highest BCUT2D eigenvalue weighted by Crippen LogP contribution is 2.40. The second-order valence-corrected chi connectivity index (χ2v) is 10.1. The molecule has 32 heavy (non-hydrogen) atoms. The monoisotopic (exact) mass is 449 g/mol. The van der Waals surface area contributed by atoms with Gasteiger partial charge in [-0.05, 0) is 48.9 Å². The predicted octanol–water partition coefficient (Wildman–Crippen LogP) is 4.95. The molecule has 0 saturated heterocycles. The van der Waals surface area contributed by atoms with Crippen LogP contribution in [-0.2, 0) is 4.79 Å². The molecule has 4 heterocycles. The molecule has 1 fully saturated rings. The van der Waals surface area contributed by atoms with Crippen LogP contribution in [0.4, 0.5) is 0 Å². The quantitative estimate of drug-likeness (QED) is 0.478. The van der Waals surface area contributed by atoms with Crippen LogP contribution in [0.2, 0.25) is 0 Å². The number of nitrogens with zero attached hydrogens (tertiary/aromatic N) is 4. The van der Waals surface area contributed by atoms with E-state index >= 15 is 0 Å². The fourth-order valence-corrected chi connectivity index (χ4v) is 6.06. The van der Waals surface area contributed by atoms with Gasteiger partial charge in [-0.1, -0.05) is 13.8 Å². The molecule has 1 N–H and O–H groups in total. The van der Waals surface area contributed by atoms with Gasteiger partial charge in [0.1, 0.15) is 12.1 Å². The highest BCUT2D eigenvalue weighted by atomic mass is 32.1. The number of carbonyl (C=O) groups excluding carboxylic acids is 2. The molecule has 7 nitrogen and oxygen atoms in total. The molecule has 0 unspecified atom stereocenters. The number of hydrogen-bond acceptors (Lipinski definition) is 5. The molecule has 0 aromatic carbocycles. The van der Waals surface area contributed by atoms with Crippen molar-refractivity contribution in [3.63, 3.8) is 0 Å². The van der Waals surface area contributed by atoms with E-state index < -0.39 is 0 Å². The average molecular weight is 450 g/mol. The molecule has 8 heteroatoms. The number of hydrogen-bond donors (Lipinski definition) is 1. The van der Waals surface area contributed by atoms with E-state index in [0.717, 1.165) is 50.4 Å². The van der Waals surface area contributed by atoms with Crippen molar-refractivity contribution in [1.82, 2.24) is 24.5 Å². The first-order valence-electron chi connectivity index (χ1n) is 11.1. The van der Waals surface area contributed by atoms with Crippen LogP contribution in [0.15, 0.2) is 24.7 Å². The molecule has 0 atom stereocenters. The Morgan fingerprint density at radius 1 is 1.28 bits per heavy atom. The summed E-state index contributed by atoms with van der Waals surface area (Å²) in [5.74, 6) is 0.629. The summed E-state index contributed by atoms with van der Waals surface area (Å²) in [5, 5.41) is 4.31. The van der Waals surface area contributed by atoms with Gasteiger partial charge in [0.05, 0.1) is 20.8 Å². The van der Waals surface area contributed by atoms with Gasteiger partial charge in [-0.2, -0.15) is 5.10 Å². The number of H-pyrrole nitrogens is 1. The zero-order chi connectivity index (χ0) is 22.6. The maximum Gasteiger partial charge on any atom is 0.264 e. The number of pyridine rings is 1. The van der Waals surface area contributed by atoms with Crippen LogP contribution in [0.1, 0.15) is 66.2 Å². The number of nitrogens with one attached hydrogen (secondary N) is 1. The Bertz CT molecular complexity index is 1340. The van der Waals surface area contributed by atoms with Gasteiger partial charge in [0, 0.05) is 37.7 Å². The molecule has 0 spiro atoms. The number of carbonyl (C=O) groups is 2. The van der Waals surface area contributed by atoms with Crippen molar-refractivity contribution in [2.75, 3.05) is 7.05 Å². The first-order chi connectivity index (χ1) is 15.3. The molecule has 1 saturated carbocycles. The lowest BCUT2D eigenvalue weighted by Gasteiger charge is -2.30. The van der Waals surface area contributed by atoms with Crippen LogP contribution in [0.5, 0.6) is 0 Å². The van der Waals surface area contributed by atoms with E-state index in [4.69, 9.17) is 0 Å². The Morgan fingerprint density at radius 2 is 2.03 bits per heavy atom. The third kappa shape index (κ3) is 3.43. The van der Waals surface area contributed by atoms with Crippen LogP contribution in [-0.4, -0.2) is 49.3 Å². The van der Waals surface area contributed by atoms with Crippen LogP contribution >= 0.6 is 11.3 Å². The summed E-state index contributed by atoms with van der Waals surface area (Å²) in [6.07, 6.45) is 6.24. The number of ketones is 1. The zero-order valence-electron chi connectivity index (χ0n) is 18.8. The van der Waals surface area contributed by atoms with Gasteiger partial charge in [0.15, 0.2) is 5.65 Å².